The summed E-state index contributed by atoms with van der Waals surface area (Å²) in [6, 6.07) is 34.1. The van der Waals surface area contributed by atoms with Crippen LogP contribution in [0.1, 0.15) is 76.3 Å². The van der Waals surface area contributed by atoms with Crippen molar-refractivity contribution in [2.45, 2.75) is 65.2 Å². The van der Waals surface area contributed by atoms with E-state index in [2.05, 4.69) is 69.2 Å². The first-order valence-corrected chi connectivity index (χ1v) is 16.9. The summed E-state index contributed by atoms with van der Waals surface area (Å²) in [6.45, 7) is 9.16. The van der Waals surface area contributed by atoms with E-state index in [-0.39, 0.29) is 26.9 Å². The summed E-state index contributed by atoms with van der Waals surface area (Å²) in [4.78, 5) is 4.46. The molecular weight excluding hydrogens is 791 g/mol. The zero-order valence-corrected chi connectivity index (χ0v) is 30.5. The molecule has 0 saturated carbocycles. The molecule has 49 heavy (non-hydrogen) atoms. The predicted octanol–water partition coefficient (Wildman–Crippen LogP) is 11.4. The Morgan fingerprint density at radius 1 is 0.796 bits per heavy atom. The number of halogens is 1. The standard InChI is InChI=1S/C42H39FN4O.Pt/c1-5-11-28(3)35-16-10-17-36(29(4)12-6-2)42(35)30-26-45-46(27-30)32-13-9-14-33(24-32)48-34-19-20-38-37-15-7-8-18-39(37)47(40(38)25-34)41-23-31(43)21-22-44-41;/h7-10,13-23,26-29H,5-6,11-12H2,1-4H3;/q-2;+2. The molecule has 0 aliphatic rings. The molecule has 3 aromatic heterocycles. The van der Waals surface area contributed by atoms with Gasteiger partial charge in [-0.15, -0.1) is 35.7 Å². The van der Waals surface area contributed by atoms with Crippen LogP contribution in [0.15, 0.2) is 104 Å². The Labute approximate surface area is 302 Å². The Hall–Kier alpha value is -4.54. The molecule has 2 unspecified atom stereocenters. The maximum Gasteiger partial charge on any atom is 2.00 e. The fourth-order valence-electron chi connectivity index (χ4n) is 6.94. The number of rotatable bonds is 11. The molecule has 7 heteroatoms. The van der Waals surface area contributed by atoms with E-state index in [1.165, 1.54) is 35.0 Å². The molecule has 0 amide bonds. The van der Waals surface area contributed by atoms with Crippen LogP contribution in [0.5, 0.6) is 11.5 Å². The molecule has 7 aromatic rings. The summed E-state index contributed by atoms with van der Waals surface area (Å²) in [5.41, 5.74) is 7.64. The molecule has 0 fully saturated rings. The van der Waals surface area contributed by atoms with Crippen molar-refractivity contribution < 1.29 is 30.2 Å². The molecule has 0 N–H and O–H groups in total. The van der Waals surface area contributed by atoms with E-state index in [1.54, 1.807) is 0 Å². The molecule has 0 aliphatic heterocycles. The maximum absolute atomic E-state index is 14.3. The van der Waals surface area contributed by atoms with Crippen LogP contribution in [0.25, 0.3) is 44.4 Å². The number of ether oxygens (including phenoxy) is 1. The Morgan fingerprint density at radius 2 is 1.51 bits per heavy atom. The zero-order valence-electron chi connectivity index (χ0n) is 28.2. The normalized spacial score (nSPS) is 12.6. The van der Waals surface area contributed by atoms with Crippen molar-refractivity contribution >= 4 is 21.8 Å². The van der Waals surface area contributed by atoms with Crippen molar-refractivity contribution in [1.82, 2.24) is 19.3 Å². The first-order chi connectivity index (χ1) is 23.4. The fraction of sp³-hybridized carbons (Fsp3) is 0.238. The van der Waals surface area contributed by atoms with Gasteiger partial charge in [0, 0.05) is 41.0 Å². The molecule has 2 atom stereocenters. The van der Waals surface area contributed by atoms with Gasteiger partial charge >= 0.3 is 21.1 Å². The van der Waals surface area contributed by atoms with E-state index < -0.39 is 0 Å². The van der Waals surface area contributed by atoms with Crippen LogP contribution in [-0.4, -0.2) is 19.3 Å². The zero-order chi connectivity index (χ0) is 33.2. The van der Waals surface area contributed by atoms with E-state index in [4.69, 9.17) is 9.84 Å². The van der Waals surface area contributed by atoms with Crippen molar-refractivity contribution in [3.8, 4) is 34.1 Å². The van der Waals surface area contributed by atoms with Gasteiger partial charge in [-0.05, 0) is 64.6 Å². The van der Waals surface area contributed by atoms with Crippen LogP contribution in [0.4, 0.5) is 4.39 Å². The largest absolute Gasteiger partial charge is 2.00 e. The van der Waals surface area contributed by atoms with Gasteiger partial charge in [0.2, 0.25) is 0 Å². The van der Waals surface area contributed by atoms with Gasteiger partial charge in [-0.2, -0.15) is 17.2 Å². The van der Waals surface area contributed by atoms with E-state index in [0.717, 1.165) is 58.7 Å². The molecular formula is C42H39FN4OPt. The summed E-state index contributed by atoms with van der Waals surface area (Å²) >= 11 is 0. The fourth-order valence-corrected chi connectivity index (χ4v) is 6.94. The average Bonchev–Trinajstić information content (AvgIpc) is 3.71. The molecule has 5 nitrogen and oxygen atoms in total. The summed E-state index contributed by atoms with van der Waals surface area (Å²) in [6.07, 6.45) is 10.1. The van der Waals surface area contributed by atoms with E-state index in [0.29, 0.717) is 29.2 Å². The Kier molecular flexibility index (Phi) is 10.5. The van der Waals surface area contributed by atoms with Gasteiger partial charge < -0.3 is 9.30 Å². The molecule has 0 saturated heterocycles. The van der Waals surface area contributed by atoms with Gasteiger partial charge in [0.15, 0.2) is 0 Å². The molecule has 0 bridgehead atoms. The molecule has 4 aromatic carbocycles. The van der Waals surface area contributed by atoms with Gasteiger partial charge in [-0.1, -0.05) is 82.5 Å². The average molecular weight is 830 g/mol. The molecule has 0 radical (unpaired) electrons. The van der Waals surface area contributed by atoms with Crippen LogP contribution in [0.3, 0.4) is 0 Å². The summed E-state index contributed by atoms with van der Waals surface area (Å²) < 4.78 is 24.4. The summed E-state index contributed by atoms with van der Waals surface area (Å²) in [7, 11) is 0. The van der Waals surface area contributed by atoms with Gasteiger partial charge in [-0.25, -0.2) is 9.37 Å². The minimum absolute atomic E-state index is 0. The number of benzene rings is 4. The third-order valence-electron chi connectivity index (χ3n) is 9.22. The minimum Gasteiger partial charge on any atom is -0.509 e. The topological polar surface area (TPSA) is 44.9 Å². The van der Waals surface area contributed by atoms with E-state index in [1.807, 2.05) is 70.0 Å². The maximum atomic E-state index is 14.3. The smallest absolute Gasteiger partial charge is 0.509 e. The molecule has 250 valence electrons. The molecule has 3 heterocycles. The van der Waals surface area contributed by atoms with Gasteiger partial charge in [0.1, 0.15) is 11.6 Å². The third kappa shape index (κ3) is 6.85. The molecule has 7 rings (SSSR count). The second kappa shape index (κ2) is 14.9. The predicted molar refractivity (Wildman–Crippen MR) is 192 cm³/mol. The number of pyridine rings is 1. The van der Waals surface area contributed by atoms with Crippen molar-refractivity contribution in [3.63, 3.8) is 0 Å². The second-order valence-corrected chi connectivity index (χ2v) is 12.6. The number of fused-ring (bicyclic) bond motifs is 3. The van der Waals surface area contributed by atoms with Crippen LogP contribution in [0.2, 0.25) is 0 Å². The van der Waals surface area contributed by atoms with Crippen molar-refractivity contribution in [2.24, 2.45) is 0 Å². The van der Waals surface area contributed by atoms with Gasteiger partial charge in [0.25, 0.3) is 0 Å². The Morgan fingerprint density at radius 3 is 2.24 bits per heavy atom. The Bertz CT molecular complexity index is 2190. The number of aromatic nitrogens is 4. The van der Waals surface area contributed by atoms with E-state index in [9.17, 15) is 4.39 Å². The molecule has 0 aliphatic carbocycles. The van der Waals surface area contributed by atoms with Gasteiger partial charge in [0.05, 0.1) is 6.20 Å². The SMILES string of the molecule is CCCC(C)c1cccc(C(C)CCC)c1-c1cnn(-c2[c-]c(Oc3[c-]c4c(cc3)c3ccccc3n4-c3cc(F)ccn3)ccc2)c1.[Pt+2]. The number of hydrogen-bond donors (Lipinski definition) is 0. The Balaban J connectivity index is 0.00000417. The van der Waals surface area contributed by atoms with E-state index >= 15 is 0 Å². The van der Waals surface area contributed by atoms with Crippen LogP contribution in [0, 0.1) is 17.9 Å². The van der Waals surface area contributed by atoms with Crippen LogP contribution >= 0.6 is 0 Å². The second-order valence-electron chi connectivity index (χ2n) is 12.6. The first-order valence-electron chi connectivity index (χ1n) is 16.9. The van der Waals surface area contributed by atoms with Crippen molar-refractivity contribution in [2.75, 3.05) is 0 Å². The first kappa shape index (κ1) is 34.3. The summed E-state index contributed by atoms with van der Waals surface area (Å²) in [5.74, 6) is 2.10. The number of para-hydroxylation sites is 1. The number of nitrogens with zero attached hydrogens (tertiary/aromatic N) is 4. The van der Waals surface area contributed by atoms with Crippen LogP contribution < -0.4 is 4.74 Å². The minimum atomic E-state index is -0.350. The number of hydrogen-bond acceptors (Lipinski definition) is 3. The van der Waals surface area contributed by atoms with Crippen molar-refractivity contribution in [3.05, 3.63) is 133 Å². The monoisotopic (exact) mass is 829 g/mol. The van der Waals surface area contributed by atoms with Crippen molar-refractivity contribution in [1.29, 1.82) is 0 Å². The third-order valence-corrected chi connectivity index (χ3v) is 9.22. The van der Waals surface area contributed by atoms with Crippen LogP contribution in [-0.2, 0) is 21.1 Å². The quantitative estimate of drug-likeness (QED) is 0.122. The summed E-state index contributed by atoms with van der Waals surface area (Å²) in [5, 5.41) is 6.81. The molecule has 0 spiro atoms. The van der Waals surface area contributed by atoms with Gasteiger partial charge in [-0.3, -0.25) is 4.68 Å².